The van der Waals surface area contributed by atoms with Gasteiger partial charge in [0.25, 0.3) is 5.91 Å². The minimum atomic E-state index is -0.00982. The Labute approximate surface area is 151 Å². The van der Waals surface area contributed by atoms with Crippen molar-refractivity contribution < 1.29 is 14.1 Å². The Kier molecular flexibility index (Phi) is 3.90. The predicted molar refractivity (Wildman–Crippen MR) is 90.9 cm³/mol. The summed E-state index contributed by atoms with van der Waals surface area (Å²) in [4.78, 5) is 19.3. The Balaban J connectivity index is 1.24. The lowest BCUT2D eigenvalue weighted by Gasteiger charge is -2.31. The second-order valence-electron chi connectivity index (χ2n) is 7.58. The highest BCUT2D eigenvalue weighted by atomic mass is 16.5. The summed E-state index contributed by atoms with van der Waals surface area (Å²) in [7, 11) is 0. The highest BCUT2D eigenvalue weighted by Crippen LogP contribution is 2.38. The molecule has 1 amide bonds. The topological polar surface area (TPSA) is 86.3 Å². The maximum Gasteiger partial charge on any atom is 0.274 e. The Hall–Kier alpha value is -2.38. The van der Waals surface area contributed by atoms with Crippen LogP contribution in [0.3, 0.4) is 0 Å². The molecule has 1 saturated carbocycles. The summed E-state index contributed by atoms with van der Waals surface area (Å²) in [5, 5.41) is 8.51. The molecule has 5 rings (SSSR count). The Bertz CT molecular complexity index is 786. The standard InChI is InChI=1S/C18H23N5O3/c24-18(14-10-16-23(20-14)7-2-8-25-16)22-6-1-3-12(11-22)9-15-19-17(21-26-15)13-4-5-13/h10,12-13H,1-9,11H2. The molecule has 0 spiro atoms. The van der Waals surface area contributed by atoms with Crippen LogP contribution in [0.1, 0.15) is 60.2 Å². The van der Waals surface area contributed by atoms with Crippen LogP contribution in [-0.2, 0) is 13.0 Å². The van der Waals surface area contributed by atoms with Gasteiger partial charge in [0, 0.05) is 44.5 Å². The number of piperidine rings is 1. The molecule has 1 saturated heterocycles. The lowest BCUT2D eigenvalue weighted by molar-refractivity contribution is 0.0661. The van der Waals surface area contributed by atoms with E-state index in [0.29, 0.717) is 42.5 Å². The van der Waals surface area contributed by atoms with E-state index in [-0.39, 0.29) is 5.91 Å². The summed E-state index contributed by atoms with van der Waals surface area (Å²) in [6.45, 7) is 2.99. The first-order chi connectivity index (χ1) is 12.8. The average Bonchev–Trinajstić information content (AvgIpc) is 3.26. The number of ether oxygens (including phenoxy) is 1. The first kappa shape index (κ1) is 15.8. The summed E-state index contributed by atoms with van der Waals surface area (Å²) < 4.78 is 12.8. The molecule has 2 aliphatic heterocycles. The molecule has 0 bridgehead atoms. The molecule has 1 unspecified atom stereocenters. The molecular formula is C18H23N5O3. The monoisotopic (exact) mass is 357 g/mol. The molecule has 4 heterocycles. The van der Waals surface area contributed by atoms with Gasteiger partial charge in [-0.2, -0.15) is 10.1 Å². The van der Waals surface area contributed by atoms with E-state index >= 15 is 0 Å². The van der Waals surface area contributed by atoms with Gasteiger partial charge in [-0.3, -0.25) is 4.79 Å². The fourth-order valence-electron chi connectivity index (χ4n) is 3.85. The van der Waals surface area contributed by atoms with E-state index in [1.54, 1.807) is 10.7 Å². The summed E-state index contributed by atoms with van der Waals surface area (Å²) in [5.41, 5.74) is 0.483. The molecular weight excluding hydrogens is 334 g/mol. The molecule has 1 atom stereocenters. The average molecular weight is 357 g/mol. The van der Waals surface area contributed by atoms with Crippen molar-refractivity contribution in [3.63, 3.8) is 0 Å². The summed E-state index contributed by atoms with van der Waals surface area (Å²) in [6.07, 6.45) is 6.08. The number of fused-ring (bicyclic) bond motifs is 1. The van der Waals surface area contributed by atoms with Crippen LogP contribution in [0.5, 0.6) is 5.88 Å². The van der Waals surface area contributed by atoms with Gasteiger partial charge in [-0.25, -0.2) is 4.68 Å². The van der Waals surface area contributed by atoms with Gasteiger partial charge in [0.15, 0.2) is 11.5 Å². The Morgan fingerprint density at radius 3 is 3.00 bits per heavy atom. The van der Waals surface area contributed by atoms with Crippen molar-refractivity contribution in [2.75, 3.05) is 19.7 Å². The van der Waals surface area contributed by atoms with Crippen molar-refractivity contribution in [2.24, 2.45) is 5.92 Å². The minimum Gasteiger partial charge on any atom is -0.478 e. The van der Waals surface area contributed by atoms with Gasteiger partial charge >= 0.3 is 0 Å². The van der Waals surface area contributed by atoms with Gasteiger partial charge < -0.3 is 14.2 Å². The van der Waals surface area contributed by atoms with E-state index in [2.05, 4.69) is 15.2 Å². The Morgan fingerprint density at radius 2 is 2.15 bits per heavy atom. The van der Waals surface area contributed by atoms with Crippen LogP contribution in [0.4, 0.5) is 0 Å². The van der Waals surface area contributed by atoms with Crippen molar-refractivity contribution in [1.82, 2.24) is 24.8 Å². The van der Waals surface area contributed by atoms with Crippen LogP contribution in [-0.4, -0.2) is 50.4 Å². The fourth-order valence-corrected chi connectivity index (χ4v) is 3.85. The van der Waals surface area contributed by atoms with Gasteiger partial charge in [0.1, 0.15) is 0 Å². The summed E-state index contributed by atoms with van der Waals surface area (Å²) in [6, 6.07) is 1.77. The first-order valence-corrected chi connectivity index (χ1v) is 9.58. The number of aromatic nitrogens is 4. The van der Waals surface area contributed by atoms with Gasteiger partial charge in [-0.05, 0) is 31.6 Å². The molecule has 2 aromatic heterocycles. The molecule has 138 valence electrons. The zero-order chi connectivity index (χ0) is 17.5. The predicted octanol–water partition coefficient (Wildman–Crippen LogP) is 2.02. The van der Waals surface area contributed by atoms with Gasteiger partial charge in [0.05, 0.1) is 6.61 Å². The normalized spacial score (nSPS) is 22.8. The van der Waals surface area contributed by atoms with E-state index in [0.717, 1.165) is 44.6 Å². The van der Waals surface area contributed by atoms with E-state index < -0.39 is 0 Å². The molecule has 0 radical (unpaired) electrons. The van der Waals surface area contributed by atoms with Crippen LogP contribution in [0.25, 0.3) is 0 Å². The Morgan fingerprint density at radius 1 is 1.23 bits per heavy atom. The van der Waals surface area contributed by atoms with Crippen molar-refractivity contribution in [2.45, 2.75) is 51.0 Å². The van der Waals surface area contributed by atoms with Crippen molar-refractivity contribution >= 4 is 5.91 Å². The van der Waals surface area contributed by atoms with Crippen LogP contribution in [0, 0.1) is 5.92 Å². The molecule has 0 N–H and O–H groups in total. The van der Waals surface area contributed by atoms with Crippen LogP contribution >= 0.6 is 0 Å². The number of carbonyl (C=O) groups is 1. The zero-order valence-electron chi connectivity index (χ0n) is 14.8. The lowest BCUT2D eigenvalue weighted by Crippen LogP contribution is -2.40. The number of nitrogens with zero attached hydrogens (tertiary/aromatic N) is 5. The van der Waals surface area contributed by atoms with Gasteiger partial charge in [-0.1, -0.05) is 5.16 Å². The number of likely N-dealkylation sites (tertiary alicyclic amines) is 1. The summed E-state index contributed by atoms with van der Waals surface area (Å²) in [5.74, 6) is 3.11. The first-order valence-electron chi connectivity index (χ1n) is 9.58. The van der Waals surface area contributed by atoms with E-state index in [1.807, 2.05) is 4.90 Å². The third-order valence-electron chi connectivity index (χ3n) is 5.42. The highest BCUT2D eigenvalue weighted by Gasteiger charge is 2.31. The van der Waals surface area contributed by atoms with E-state index in [9.17, 15) is 4.79 Å². The second kappa shape index (κ2) is 6.41. The number of hydrogen-bond acceptors (Lipinski definition) is 6. The second-order valence-corrected chi connectivity index (χ2v) is 7.58. The maximum absolute atomic E-state index is 12.9. The van der Waals surface area contributed by atoms with Gasteiger partial charge in [-0.15, -0.1) is 0 Å². The van der Waals surface area contributed by atoms with Crippen LogP contribution in [0.2, 0.25) is 0 Å². The van der Waals surface area contributed by atoms with Crippen molar-refractivity contribution in [1.29, 1.82) is 0 Å². The lowest BCUT2D eigenvalue weighted by atomic mass is 9.94. The smallest absolute Gasteiger partial charge is 0.274 e. The number of carbonyl (C=O) groups excluding carboxylic acids is 1. The highest BCUT2D eigenvalue weighted by molar-refractivity contribution is 5.92. The number of rotatable bonds is 4. The molecule has 2 aromatic rings. The molecule has 3 aliphatic rings. The maximum atomic E-state index is 12.9. The van der Waals surface area contributed by atoms with E-state index in [4.69, 9.17) is 9.26 Å². The molecule has 8 heteroatoms. The molecule has 26 heavy (non-hydrogen) atoms. The van der Waals surface area contributed by atoms with Crippen molar-refractivity contribution in [3.8, 4) is 5.88 Å². The number of hydrogen-bond donors (Lipinski definition) is 0. The number of aryl methyl sites for hydroxylation is 1. The minimum absolute atomic E-state index is 0.00982. The molecule has 0 aromatic carbocycles. The SMILES string of the molecule is O=C(c1cc2n(n1)CCCO2)N1CCCC(Cc2nc(C3CC3)no2)C1. The third kappa shape index (κ3) is 3.08. The van der Waals surface area contributed by atoms with Crippen LogP contribution in [0.15, 0.2) is 10.6 Å². The summed E-state index contributed by atoms with van der Waals surface area (Å²) >= 11 is 0. The van der Waals surface area contributed by atoms with Crippen molar-refractivity contribution in [3.05, 3.63) is 23.5 Å². The quantitative estimate of drug-likeness (QED) is 0.832. The third-order valence-corrected chi connectivity index (χ3v) is 5.42. The largest absolute Gasteiger partial charge is 0.478 e. The van der Waals surface area contributed by atoms with Crippen LogP contribution < -0.4 is 4.74 Å². The number of amides is 1. The molecule has 8 nitrogen and oxygen atoms in total. The molecule has 1 aliphatic carbocycles. The zero-order valence-corrected chi connectivity index (χ0v) is 14.8. The fraction of sp³-hybridized carbons (Fsp3) is 0.667. The molecule has 2 fully saturated rings. The van der Waals surface area contributed by atoms with Gasteiger partial charge in [0.2, 0.25) is 11.8 Å². The van der Waals surface area contributed by atoms with E-state index in [1.165, 1.54) is 12.8 Å².